The van der Waals surface area contributed by atoms with E-state index in [9.17, 15) is 9.59 Å². The SMILES string of the molecule is CC(C)(C)OC(=O)N1CCC(CNC(=O)NCc2ccccc2Cl)CC1. The van der Waals surface area contributed by atoms with Crippen molar-refractivity contribution in [1.82, 2.24) is 15.5 Å². The lowest BCUT2D eigenvalue weighted by Crippen LogP contribution is -2.44. The summed E-state index contributed by atoms with van der Waals surface area (Å²) in [6.07, 6.45) is 1.44. The van der Waals surface area contributed by atoms with E-state index in [4.69, 9.17) is 16.3 Å². The zero-order valence-electron chi connectivity index (χ0n) is 15.7. The normalized spacial score (nSPS) is 15.5. The molecule has 0 aliphatic carbocycles. The van der Waals surface area contributed by atoms with Crippen LogP contribution in [0.4, 0.5) is 9.59 Å². The summed E-state index contributed by atoms with van der Waals surface area (Å²) in [6, 6.07) is 7.22. The molecular weight excluding hydrogens is 354 g/mol. The Labute approximate surface area is 160 Å². The number of carbonyl (C=O) groups is 2. The minimum absolute atomic E-state index is 0.209. The summed E-state index contributed by atoms with van der Waals surface area (Å²) in [7, 11) is 0. The van der Waals surface area contributed by atoms with Crippen LogP contribution in [0, 0.1) is 5.92 Å². The van der Waals surface area contributed by atoms with Crippen LogP contribution in [0.2, 0.25) is 5.02 Å². The number of urea groups is 1. The van der Waals surface area contributed by atoms with E-state index in [2.05, 4.69) is 10.6 Å². The van der Waals surface area contributed by atoms with Crippen molar-refractivity contribution < 1.29 is 14.3 Å². The van der Waals surface area contributed by atoms with Crippen LogP contribution in [0.15, 0.2) is 24.3 Å². The maximum absolute atomic E-state index is 12.0. The van der Waals surface area contributed by atoms with Gasteiger partial charge in [-0.15, -0.1) is 0 Å². The summed E-state index contributed by atoms with van der Waals surface area (Å²) in [4.78, 5) is 25.7. The molecule has 0 aromatic heterocycles. The Morgan fingerprint density at radius 1 is 1.19 bits per heavy atom. The highest BCUT2D eigenvalue weighted by molar-refractivity contribution is 6.31. The summed E-state index contributed by atoms with van der Waals surface area (Å²) in [6.45, 7) is 7.89. The largest absolute Gasteiger partial charge is 0.444 e. The summed E-state index contributed by atoms with van der Waals surface area (Å²) < 4.78 is 5.39. The predicted octanol–water partition coefficient (Wildman–Crippen LogP) is 3.79. The Morgan fingerprint density at radius 3 is 2.46 bits per heavy atom. The van der Waals surface area contributed by atoms with E-state index < -0.39 is 5.60 Å². The van der Waals surface area contributed by atoms with Crippen molar-refractivity contribution in [1.29, 1.82) is 0 Å². The fraction of sp³-hybridized carbons (Fsp3) is 0.579. The minimum atomic E-state index is -0.477. The third kappa shape index (κ3) is 6.75. The fourth-order valence-electron chi connectivity index (χ4n) is 2.76. The summed E-state index contributed by atoms with van der Waals surface area (Å²) in [5.74, 6) is 0.361. The van der Waals surface area contributed by atoms with Gasteiger partial charge in [-0.25, -0.2) is 9.59 Å². The molecule has 0 radical (unpaired) electrons. The molecule has 144 valence electrons. The van der Waals surface area contributed by atoms with Gasteiger partial charge in [0.1, 0.15) is 5.60 Å². The highest BCUT2D eigenvalue weighted by atomic mass is 35.5. The van der Waals surface area contributed by atoms with Crippen molar-refractivity contribution in [2.75, 3.05) is 19.6 Å². The van der Waals surface area contributed by atoms with Crippen molar-refractivity contribution >= 4 is 23.7 Å². The Kier molecular flexibility index (Phi) is 7.14. The molecule has 1 saturated heterocycles. The van der Waals surface area contributed by atoms with Gasteiger partial charge in [0.15, 0.2) is 0 Å². The molecule has 0 unspecified atom stereocenters. The summed E-state index contributed by atoms with van der Waals surface area (Å²) in [5, 5.41) is 6.35. The van der Waals surface area contributed by atoms with Gasteiger partial charge in [0.2, 0.25) is 0 Å². The van der Waals surface area contributed by atoms with Crippen LogP contribution in [0.1, 0.15) is 39.2 Å². The fourth-order valence-corrected chi connectivity index (χ4v) is 2.97. The topological polar surface area (TPSA) is 70.7 Å². The number of nitrogens with zero attached hydrogens (tertiary/aromatic N) is 1. The Balaban J connectivity index is 1.66. The third-order valence-electron chi connectivity index (χ3n) is 4.21. The van der Waals surface area contributed by atoms with Crippen LogP contribution in [0.25, 0.3) is 0 Å². The molecule has 1 aliphatic heterocycles. The van der Waals surface area contributed by atoms with Crippen molar-refractivity contribution in [2.45, 2.75) is 45.8 Å². The average Bonchev–Trinajstić information content (AvgIpc) is 2.58. The van der Waals surface area contributed by atoms with Crippen LogP contribution in [-0.4, -0.2) is 42.3 Å². The summed E-state index contributed by atoms with van der Waals surface area (Å²) in [5.41, 5.74) is 0.407. The number of piperidine rings is 1. The molecule has 26 heavy (non-hydrogen) atoms. The van der Waals surface area contributed by atoms with Crippen molar-refractivity contribution in [2.24, 2.45) is 5.92 Å². The van der Waals surface area contributed by atoms with Crippen molar-refractivity contribution in [3.8, 4) is 0 Å². The van der Waals surface area contributed by atoms with Crippen molar-refractivity contribution in [3.05, 3.63) is 34.9 Å². The molecule has 0 atom stereocenters. The number of likely N-dealkylation sites (tertiary alicyclic amines) is 1. The Bertz CT molecular complexity index is 623. The van der Waals surface area contributed by atoms with Gasteiger partial charge in [-0.3, -0.25) is 0 Å². The molecule has 2 N–H and O–H groups in total. The van der Waals surface area contributed by atoms with Gasteiger partial charge in [-0.1, -0.05) is 29.8 Å². The molecule has 0 saturated carbocycles. The number of hydrogen-bond acceptors (Lipinski definition) is 3. The van der Waals surface area contributed by atoms with E-state index in [0.29, 0.717) is 37.1 Å². The van der Waals surface area contributed by atoms with E-state index in [0.717, 1.165) is 18.4 Å². The van der Waals surface area contributed by atoms with Crippen LogP contribution in [0.3, 0.4) is 0 Å². The quantitative estimate of drug-likeness (QED) is 0.833. The number of nitrogens with one attached hydrogen (secondary N) is 2. The Morgan fingerprint density at radius 2 is 1.85 bits per heavy atom. The van der Waals surface area contributed by atoms with Gasteiger partial charge in [0.05, 0.1) is 0 Å². The van der Waals surface area contributed by atoms with Gasteiger partial charge in [-0.05, 0) is 51.2 Å². The summed E-state index contributed by atoms with van der Waals surface area (Å²) >= 11 is 6.07. The third-order valence-corrected chi connectivity index (χ3v) is 4.58. The molecule has 7 heteroatoms. The number of ether oxygens (including phenoxy) is 1. The van der Waals surface area contributed by atoms with Crippen molar-refractivity contribution in [3.63, 3.8) is 0 Å². The van der Waals surface area contributed by atoms with E-state index in [1.54, 1.807) is 11.0 Å². The lowest BCUT2D eigenvalue weighted by atomic mass is 9.97. The highest BCUT2D eigenvalue weighted by Gasteiger charge is 2.26. The molecule has 0 spiro atoms. The molecule has 0 bridgehead atoms. The molecule has 1 aliphatic rings. The number of halogens is 1. The maximum atomic E-state index is 12.0. The molecular formula is C19H28ClN3O3. The van der Waals surface area contributed by atoms with Gasteiger partial charge >= 0.3 is 12.1 Å². The standard InChI is InChI=1S/C19H28ClN3O3/c1-19(2,3)26-18(25)23-10-8-14(9-11-23)12-21-17(24)22-13-15-6-4-5-7-16(15)20/h4-7,14H,8-13H2,1-3H3,(H2,21,22,24). The van der Waals surface area contributed by atoms with E-state index >= 15 is 0 Å². The molecule has 2 rings (SSSR count). The molecule has 1 aromatic carbocycles. The monoisotopic (exact) mass is 381 g/mol. The first-order valence-electron chi connectivity index (χ1n) is 8.97. The second kappa shape index (κ2) is 9.12. The van der Waals surface area contributed by atoms with E-state index in [1.165, 1.54) is 0 Å². The lowest BCUT2D eigenvalue weighted by molar-refractivity contribution is 0.0184. The lowest BCUT2D eigenvalue weighted by Gasteiger charge is -2.33. The van der Waals surface area contributed by atoms with Crippen LogP contribution in [0.5, 0.6) is 0 Å². The zero-order chi connectivity index (χ0) is 19.2. The first-order valence-corrected chi connectivity index (χ1v) is 9.35. The molecule has 1 fully saturated rings. The van der Waals surface area contributed by atoms with E-state index in [-0.39, 0.29) is 12.1 Å². The molecule has 6 nitrogen and oxygen atoms in total. The van der Waals surface area contributed by atoms with Crippen LogP contribution < -0.4 is 10.6 Å². The first kappa shape index (κ1) is 20.4. The zero-order valence-corrected chi connectivity index (χ0v) is 16.4. The maximum Gasteiger partial charge on any atom is 0.410 e. The van der Waals surface area contributed by atoms with Gasteiger partial charge in [-0.2, -0.15) is 0 Å². The van der Waals surface area contributed by atoms with Gasteiger partial charge < -0.3 is 20.3 Å². The Hall–Kier alpha value is -1.95. The number of hydrogen-bond donors (Lipinski definition) is 2. The average molecular weight is 382 g/mol. The molecule has 1 aromatic rings. The van der Waals surface area contributed by atoms with E-state index in [1.807, 2.05) is 39.0 Å². The van der Waals surface area contributed by atoms with Crippen LogP contribution in [-0.2, 0) is 11.3 Å². The second-order valence-corrected chi connectivity index (χ2v) is 7.97. The smallest absolute Gasteiger partial charge is 0.410 e. The van der Waals surface area contributed by atoms with Gasteiger partial charge in [0, 0.05) is 31.2 Å². The van der Waals surface area contributed by atoms with Crippen LogP contribution >= 0.6 is 11.6 Å². The number of carbonyl (C=O) groups excluding carboxylic acids is 2. The second-order valence-electron chi connectivity index (χ2n) is 7.57. The molecule has 3 amide bonds. The first-order chi connectivity index (χ1) is 12.2. The minimum Gasteiger partial charge on any atom is -0.444 e. The van der Waals surface area contributed by atoms with Gasteiger partial charge in [0.25, 0.3) is 0 Å². The molecule has 1 heterocycles. The highest BCUT2D eigenvalue weighted by Crippen LogP contribution is 2.19. The number of benzene rings is 1. The number of amides is 3. The number of rotatable bonds is 4. The predicted molar refractivity (Wildman–Crippen MR) is 102 cm³/mol.